The fraction of sp³-hybridized carbons (Fsp3) is 0. The van der Waals surface area contributed by atoms with E-state index in [0.717, 1.165) is 72.5 Å². The van der Waals surface area contributed by atoms with Gasteiger partial charge in [0.2, 0.25) is 0 Å². The molecule has 314 valence electrons. The van der Waals surface area contributed by atoms with E-state index in [9.17, 15) is 0 Å². The fourth-order valence-electron chi connectivity index (χ4n) is 10.1. The van der Waals surface area contributed by atoms with Crippen molar-refractivity contribution in [3.63, 3.8) is 0 Å². The van der Waals surface area contributed by atoms with Crippen molar-refractivity contribution in [1.29, 1.82) is 0 Å². The molecular formula is C63H42N4. The third-order valence-corrected chi connectivity index (χ3v) is 13.3. The molecule has 0 saturated heterocycles. The first kappa shape index (κ1) is 38.5. The minimum absolute atomic E-state index is 0.963. The molecule has 0 saturated carbocycles. The van der Waals surface area contributed by atoms with Crippen LogP contribution in [0.2, 0.25) is 0 Å². The summed E-state index contributed by atoms with van der Waals surface area (Å²) < 4.78 is 4.74. The largest absolute Gasteiger partial charge is 0.310 e. The summed E-state index contributed by atoms with van der Waals surface area (Å²) in [5.74, 6) is 0. The van der Waals surface area contributed by atoms with E-state index >= 15 is 0 Å². The molecule has 67 heavy (non-hydrogen) atoms. The zero-order valence-electron chi connectivity index (χ0n) is 36.5. The lowest BCUT2D eigenvalue weighted by Crippen LogP contribution is -2.11. The van der Waals surface area contributed by atoms with Gasteiger partial charge in [0.1, 0.15) is 11.2 Å². The van der Waals surface area contributed by atoms with Gasteiger partial charge in [-0.1, -0.05) is 194 Å². The maximum absolute atomic E-state index is 5.42. The zero-order valence-corrected chi connectivity index (χ0v) is 36.5. The van der Waals surface area contributed by atoms with Gasteiger partial charge in [0, 0.05) is 38.8 Å². The van der Waals surface area contributed by atoms with Crippen LogP contribution in [0.3, 0.4) is 0 Å². The Kier molecular flexibility index (Phi) is 9.14. The second-order valence-corrected chi connectivity index (χ2v) is 17.2. The molecule has 0 fully saturated rings. The Balaban J connectivity index is 0.927. The monoisotopic (exact) mass is 854 g/mol. The van der Waals surface area contributed by atoms with Crippen molar-refractivity contribution in [2.45, 2.75) is 0 Å². The molecule has 10 aromatic carbocycles. The van der Waals surface area contributed by atoms with E-state index in [-0.39, 0.29) is 0 Å². The minimum atomic E-state index is 0.963. The number of nitrogens with zero attached hydrogens (tertiary/aromatic N) is 4. The molecule has 0 amide bonds. The van der Waals surface area contributed by atoms with Gasteiger partial charge in [0.05, 0.1) is 16.7 Å². The van der Waals surface area contributed by atoms with Gasteiger partial charge in [0.25, 0.3) is 0 Å². The highest BCUT2D eigenvalue weighted by Crippen LogP contribution is 2.43. The molecular weight excluding hydrogens is 813 g/mol. The predicted molar refractivity (Wildman–Crippen MR) is 281 cm³/mol. The fourth-order valence-corrected chi connectivity index (χ4v) is 10.1. The number of para-hydroxylation sites is 3. The summed E-state index contributed by atoms with van der Waals surface area (Å²) in [6, 6.07) is 91.7. The maximum Gasteiger partial charge on any atom is 0.151 e. The molecule has 0 N–H and O–H groups in total. The number of fused-ring (bicyclic) bond motifs is 10. The van der Waals surface area contributed by atoms with Crippen molar-refractivity contribution in [2.24, 2.45) is 0 Å². The first-order valence-electron chi connectivity index (χ1n) is 22.9. The van der Waals surface area contributed by atoms with Gasteiger partial charge in [-0.05, 0) is 105 Å². The average molecular weight is 855 g/mol. The van der Waals surface area contributed by atoms with E-state index in [4.69, 9.17) is 4.98 Å². The van der Waals surface area contributed by atoms with Crippen LogP contribution in [0.1, 0.15) is 0 Å². The van der Waals surface area contributed by atoms with Gasteiger partial charge >= 0.3 is 0 Å². The lowest BCUT2D eigenvalue weighted by molar-refractivity contribution is 1.12. The van der Waals surface area contributed by atoms with Crippen LogP contribution in [0.25, 0.3) is 99.6 Å². The molecule has 13 rings (SSSR count). The number of rotatable bonds is 8. The predicted octanol–water partition coefficient (Wildman–Crippen LogP) is 16.9. The molecule has 3 heterocycles. The van der Waals surface area contributed by atoms with Crippen LogP contribution in [0.4, 0.5) is 17.1 Å². The van der Waals surface area contributed by atoms with E-state index in [2.05, 4.69) is 269 Å². The van der Waals surface area contributed by atoms with Crippen molar-refractivity contribution in [3.05, 3.63) is 255 Å². The molecule has 0 atom stereocenters. The van der Waals surface area contributed by atoms with E-state index in [0.29, 0.717) is 0 Å². The topological polar surface area (TPSA) is 25.5 Å². The molecule has 4 nitrogen and oxygen atoms in total. The van der Waals surface area contributed by atoms with Gasteiger partial charge in [0.15, 0.2) is 5.65 Å². The average Bonchev–Trinajstić information content (AvgIpc) is 3.96. The van der Waals surface area contributed by atoms with Gasteiger partial charge in [-0.3, -0.25) is 8.97 Å². The number of imidazole rings is 1. The summed E-state index contributed by atoms with van der Waals surface area (Å²) in [7, 11) is 0. The molecule has 0 unspecified atom stereocenters. The Bertz CT molecular complexity index is 3930. The van der Waals surface area contributed by atoms with Gasteiger partial charge in [-0.2, -0.15) is 0 Å². The van der Waals surface area contributed by atoms with Gasteiger partial charge < -0.3 is 4.90 Å². The van der Waals surface area contributed by atoms with E-state index in [1.54, 1.807) is 0 Å². The van der Waals surface area contributed by atoms with Crippen molar-refractivity contribution in [1.82, 2.24) is 14.0 Å². The number of anilines is 3. The minimum Gasteiger partial charge on any atom is -0.310 e. The number of benzene rings is 10. The summed E-state index contributed by atoms with van der Waals surface area (Å²) in [5, 5.41) is 4.64. The van der Waals surface area contributed by atoms with Crippen LogP contribution in [0, 0.1) is 0 Å². The Morgan fingerprint density at radius 2 is 0.806 bits per heavy atom. The lowest BCUT2D eigenvalue weighted by atomic mass is 9.98. The highest BCUT2D eigenvalue weighted by atomic mass is 15.2. The van der Waals surface area contributed by atoms with Crippen LogP contribution >= 0.6 is 0 Å². The second-order valence-electron chi connectivity index (χ2n) is 17.2. The summed E-state index contributed by atoms with van der Waals surface area (Å²) in [4.78, 5) is 7.81. The maximum atomic E-state index is 5.42. The summed E-state index contributed by atoms with van der Waals surface area (Å²) >= 11 is 0. The third-order valence-electron chi connectivity index (χ3n) is 13.3. The summed E-state index contributed by atoms with van der Waals surface area (Å²) in [6.45, 7) is 0. The third kappa shape index (κ3) is 6.49. The molecule has 0 aliphatic rings. The van der Waals surface area contributed by atoms with Crippen LogP contribution in [-0.2, 0) is 0 Å². The van der Waals surface area contributed by atoms with E-state index < -0.39 is 0 Å². The van der Waals surface area contributed by atoms with Crippen LogP contribution in [-0.4, -0.2) is 14.0 Å². The Labute approximate surface area is 388 Å². The first-order chi connectivity index (χ1) is 33.2. The molecule has 13 aromatic rings. The van der Waals surface area contributed by atoms with Gasteiger partial charge in [-0.15, -0.1) is 0 Å². The van der Waals surface area contributed by atoms with Crippen molar-refractivity contribution in [2.75, 3.05) is 4.90 Å². The molecule has 0 spiro atoms. The Hall–Kier alpha value is -8.99. The zero-order chi connectivity index (χ0) is 44.3. The summed E-state index contributed by atoms with van der Waals surface area (Å²) in [6.07, 6.45) is 0. The normalized spacial score (nSPS) is 11.6. The SMILES string of the molecule is c1ccc(-c2ccc(-c3ccc(N(c4ccc(-c5ccc6c(c5)c5ccccc5c5nc7c8ccccc8n(-c8ccccc8)c7n65)cc4)c4ccccc4-c4ccccc4)cc3)cc2)cc1. The Morgan fingerprint density at radius 1 is 0.328 bits per heavy atom. The standard InChI is InChI=1S/C63H42N4/c1-4-16-43(17-5-1)44-28-30-45(31-29-44)46-32-37-51(38-33-46)65(58-26-14-12-22-53(58)48-18-6-2-7-19-48)52-39-34-47(35-40-52)49-36-41-60-57(42-49)54-23-10-11-24-55(54)62-64-61-56-25-13-15-27-59(56)66(63(61)67(60)62)50-20-8-3-9-21-50/h1-42H. The first-order valence-corrected chi connectivity index (χ1v) is 22.9. The number of hydrogen-bond acceptors (Lipinski definition) is 2. The van der Waals surface area contributed by atoms with E-state index in [1.807, 2.05) is 0 Å². The van der Waals surface area contributed by atoms with Crippen LogP contribution in [0.5, 0.6) is 0 Å². The Morgan fingerprint density at radius 3 is 1.46 bits per heavy atom. The smallest absolute Gasteiger partial charge is 0.151 e. The summed E-state index contributed by atoms with van der Waals surface area (Å²) in [5.41, 5.74) is 19.1. The van der Waals surface area contributed by atoms with Crippen LogP contribution < -0.4 is 4.90 Å². The van der Waals surface area contributed by atoms with Crippen molar-refractivity contribution >= 4 is 66.5 Å². The second kappa shape index (κ2) is 15.9. The highest BCUT2D eigenvalue weighted by molar-refractivity contribution is 6.17. The number of pyridine rings is 1. The number of aromatic nitrogens is 3. The number of hydrogen-bond donors (Lipinski definition) is 0. The molecule has 0 bridgehead atoms. The highest BCUT2D eigenvalue weighted by Gasteiger charge is 2.22. The molecule has 0 radical (unpaired) electrons. The molecule has 0 aliphatic heterocycles. The lowest BCUT2D eigenvalue weighted by Gasteiger charge is -2.28. The molecule has 4 heteroatoms. The van der Waals surface area contributed by atoms with Gasteiger partial charge in [-0.25, -0.2) is 4.98 Å². The molecule has 0 aliphatic carbocycles. The van der Waals surface area contributed by atoms with E-state index in [1.165, 1.54) is 44.2 Å². The molecule has 3 aromatic heterocycles. The van der Waals surface area contributed by atoms with Crippen molar-refractivity contribution in [3.8, 4) is 50.2 Å². The quantitative estimate of drug-likeness (QED) is 0.142. The van der Waals surface area contributed by atoms with Crippen molar-refractivity contribution < 1.29 is 0 Å². The van der Waals surface area contributed by atoms with Crippen LogP contribution in [0.15, 0.2) is 255 Å².